The Balaban J connectivity index is 1.63. The molecule has 0 aliphatic rings. The molecule has 3 rings (SSSR count). The van der Waals surface area contributed by atoms with Gasteiger partial charge in [-0.25, -0.2) is 0 Å². The fraction of sp³-hybridized carbons (Fsp3) is 0.174. The molecular formula is C23H23NO5. The molecule has 0 aliphatic carbocycles. The Morgan fingerprint density at radius 3 is 2.24 bits per heavy atom. The first-order valence-corrected chi connectivity index (χ1v) is 9.14. The second kappa shape index (κ2) is 10.0. The second-order valence-corrected chi connectivity index (χ2v) is 6.03. The van der Waals surface area contributed by atoms with Gasteiger partial charge in [-0.3, -0.25) is 4.79 Å². The topological polar surface area (TPSA) is 66.0 Å². The first-order chi connectivity index (χ1) is 14.2. The number of methoxy groups -OCH3 is 2. The summed E-state index contributed by atoms with van der Waals surface area (Å²) < 4.78 is 21.9. The Kier molecular flexibility index (Phi) is 6.95. The van der Waals surface area contributed by atoms with Gasteiger partial charge >= 0.3 is 0 Å². The van der Waals surface area contributed by atoms with E-state index in [0.29, 0.717) is 41.7 Å². The Morgan fingerprint density at radius 2 is 1.48 bits per heavy atom. The minimum Gasteiger partial charge on any atom is -0.497 e. The fourth-order valence-electron chi connectivity index (χ4n) is 2.70. The van der Waals surface area contributed by atoms with Crippen molar-refractivity contribution >= 4 is 11.6 Å². The van der Waals surface area contributed by atoms with Crippen molar-refractivity contribution in [3.63, 3.8) is 0 Å². The Bertz CT molecular complexity index is 943. The zero-order valence-electron chi connectivity index (χ0n) is 16.4. The molecule has 3 aromatic rings. The predicted octanol–water partition coefficient (Wildman–Crippen LogP) is 4.41. The van der Waals surface area contributed by atoms with Gasteiger partial charge < -0.3 is 24.3 Å². The van der Waals surface area contributed by atoms with E-state index in [1.165, 1.54) is 7.11 Å². The summed E-state index contributed by atoms with van der Waals surface area (Å²) in [6, 6.07) is 21.8. The molecule has 1 amide bonds. The van der Waals surface area contributed by atoms with E-state index in [4.69, 9.17) is 18.9 Å². The van der Waals surface area contributed by atoms with E-state index >= 15 is 0 Å². The van der Waals surface area contributed by atoms with E-state index in [1.54, 1.807) is 37.4 Å². The molecule has 0 spiro atoms. The lowest BCUT2D eigenvalue weighted by Crippen LogP contribution is -2.15. The van der Waals surface area contributed by atoms with Crippen LogP contribution in [0.5, 0.6) is 23.0 Å². The number of amides is 1. The van der Waals surface area contributed by atoms with Crippen LogP contribution in [0.25, 0.3) is 0 Å². The van der Waals surface area contributed by atoms with Crippen molar-refractivity contribution in [3.05, 3.63) is 78.4 Å². The van der Waals surface area contributed by atoms with Crippen LogP contribution in [0.4, 0.5) is 5.69 Å². The van der Waals surface area contributed by atoms with Gasteiger partial charge in [-0.2, -0.15) is 0 Å². The number of nitrogens with one attached hydrogen (secondary N) is 1. The molecule has 0 aliphatic heterocycles. The molecule has 150 valence electrons. The summed E-state index contributed by atoms with van der Waals surface area (Å²) in [5, 5.41) is 2.87. The number of anilines is 1. The molecule has 0 fully saturated rings. The van der Waals surface area contributed by atoms with Crippen molar-refractivity contribution in [1.82, 2.24) is 0 Å². The molecule has 6 heteroatoms. The number of para-hydroxylation sites is 3. The standard InChI is InChI=1S/C23H23NO5/c1-26-18-12-13-19(22(16-18)27-2)23(25)24-20-10-6-7-11-21(20)29-15-14-28-17-8-4-3-5-9-17/h3-13,16H,14-15H2,1-2H3,(H,24,25). The summed E-state index contributed by atoms with van der Waals surface area (Å²) >= 11 is 0. The van der Waals surface area contributed by atoms with Crippen LogP contribution in [0.3, 0.4) is 0 Å². The second-order valence-electron chi connectivity index (χ2n) is 6.03. The largest absolute Gasteiger partial charge is 0.497 e. The smallest absolute Gasteiger partial charge is 0.259 e. The number of hydrogen-bond acceptors (Lipinski definition) is 5. The molecule has 0 atom stereocenters. The molecule has 0 bridgehead atoms. The minimum absolute atomic E-state index is 0.305. The van der Waals surface area contributed by atoms with Crippen molar-refractivity contribution in [3.8, 4) is 23.0 Å². The van der Waals surface area contributed by atoms with E-state index in [2.05, 4.69) is 5.32 Å². The van der Waals surface area contributed by atoms with Crippen LogP contribution < -0.4 is 24.3 Å². The molecular weight excluding hydrogens is 370 g/mol. The van der Waals surface area contributed by atoms with E-state index in [0.717, 1.165) is 5.75 Å². The van der Waals surface area contributed by atoms with E-state index in [9.17, 15) is 4.79 Å². The monoisotopic (exact) mass is 393 g/mol. The lowest BCUT2D eigenvalue weighted by molar-refractivity contribution is 0.102. The van der Waals surface area contributed by atoms with E-state index in [-0.39, 0.29) is 5.91 Å². The van der Waals surface area contributed by atoms with Crippen LogP contribution in [0.1, 0.15) is 10.4 Å². The highest BCUT2D eigenvalue weighted by Gasteiger charge is 2.15. The van der Waals surface area contributed by atoms with Crippen LogP contribution in [0, 0.1) is 0 Å². The molecule has 0 saturated heterocycles. The van der Waals surface area contributed by atoms with Crippen molar-refractivity contribution in [2.45, 2.75) is 0 Å². The van der Waals surface area contributed by atoms with Crippen LogP contribution in [0.15, 0.2) is 72.8 Å². The third kappa shape index (κ3) is 5.42. The summed E-state index contributed by atoms with van der Waals surface area (Å²) in [5.74, 6) is 2.08. The van der Waals surface area contributed by atoms with Crippen LogP contribution in [0.2, 0.25) is 0 Å². The molecule has 0 heterocycles. The molecule has 0 unspecified atom stereocenters. The van der Waals surface area contributed by atoms with Gasteiger partial charge in [0.15, 0.2) is 0 Å². The summed E-state index contributed by atoms with van der Waals surface area (Å²) in [6.45, 7) is 0.728. The van der Waals surface area contributed by atoms with Crippen LogP contribution >= 0.6 is 0 Å². The van der Waals surface area contributed by atoms with E-state index < -0.39 is 0 Å². The van der Waals surface area contributed by atoms with Crippen molar-refractivity contribution < 1.29 is 23.7 Å². The Labute approximate surface area is 170 Å². The highest BCUT2D eigenvalue weighted by atomic mass is 16.5. The molecule has 1 N–H and O–H groups in total. The molecule has 29 heavy (non-hydrogen) atoms. The molecule has 0 saturated carbocycles. The third-order valence-corrected chi connectivity index (χ3v) is 4.14. The number of ether oxygens (including phenoxy) is 4. The van der Waals surface area contributed by atoms with Crippen molar-refractivity contribution in [2.75, 3.05) is 32.8 Å². The highest BCUT2D eigenvalue weighted by molar-refractivity contribution is 6.07. The Morgan fingerprint density at radius 1 is 0.759 bits per heavy atom. The maximum atomic E-state index is 12.7. The SMILES string of the molecule is COc1ccc(C(=O)Nc2ccccc2OCCOc2ccccc2)c(OC)c1. The molecule has 0 aromatic heterocycles. The van der Waals surface area contributed by atoms with Gasteiger partial charge in [0.25, 0.3) is 5.91 Å². The van der Waals surface area contributed by atoms with Gasteiger partial charge in [0.1, 0.15) is 36.2 Å². The van der Waals surface area contributed by atoms with Crippen LogP contribution in [-0.4, -0.2) is 33.3 Å². The third-order valence-electron chi connectivity index (χ3n) is 4.14. The Hall–Kier alpha value is -3.67. The first kappa shape index (κ1) is 20.1. The normalized spacial score (nSPS) is 10.1. The summed E-state index contributed by atoms with van der Waals surface area (Å²) in [4.78, 5) is 12.7. The van der Waals surface area contributed by atoms with Gasteiger partial charge in [0, 0.05) is 6.07 Å². The van der Waals surface area contributed by atoms with Gasteiger partial charge in [-0.1, -0.05) is 30.3 Å². The lowest BCUT2D eigenvalue weighted by atomic mass is 10.1. The zero-order chi connectivity index (χ0) is 20.5. The van der Waals surface area contributed by atoms with Gasteiger partial charge in [-0.15, -0.1) is 0 Å². The predicted molar refractivity (Wildman–Crippen MR) is 111 cm³/mol. The van der Waals surface area contributed by atoms with Crippen LogP contribution in [-0.2, 0) is 0 Å². The number of benzene rings is 3. The van der Waals surface area contributed by atoms with Crippen molar-refractivity contribution in [2.24, 2.45) is 0 Å². The number of carbonyl (C=O) groups is 1. The average Bonchev–Trinajstić information content (AvgIpc) is 2.77. The summed E-state index contributed by atoms with van der Waals surface area (Å²) in [6.07, 6.45) is 0. The highest BCUT2D eigenvalue weighted by Crippen LogP contribution is 2.28. The van der Waals surface area contributed by atoms with Crippen molar-refractivity contribution in [1.29, 1.82) is 0 Å². The first-order valence-electron chi connectivity index (χ1n) is 9.14. The molecule has 3 aromatic carbocycles. The van der Waals surface area contributed by atoms with Gasteiger partial charge in [0.05, 0.1) is 25.5 Å². The summed E-state index contributed by atoms with van der Waals surface area (Å²) in [7, 11) is 3.07. The fourth-order valence-corrected chi connectivity index (χ4v) is 2.70. The molecule has 6 nitrogen and oxygen atoms in total. The maximum absolute atomic E-state index is 12.7. The van der Waals surface area contributed by atoms with Gasteiger partial charge in [-0.05, 0) is 36.4 Å². The lowest BCUT2D eigenvalue weighted by Gasteiger charge is -2.14. The number of carbonyl (C=O) groups excluding carboxylic acids is 1. The average molecular weight is 393 g/mol. The quantitative estimate of drug-likeness (QED) is 0.546. The van der Waals surface area contributed by atoms with E-state index in [1.807, 2.05) is 42.5 Å². The minimum atomic E-state index is -0.305. The number of hydrogen-bond donors (Lipinski definition) is 1. The number of rotatable bonds is 9. The van der Waals surface area contributed by atoms with Gasteiger partial charge in [0.2, 0.25) is 0 Å². The zero-order valence-corrected chi connectivity index (χ0v) is 16.4. The molecule has 0 radical (unpaired) electrons. The maximum Gasteiger partial charge on any atom is 0.259 e. The summed E-state index contributed by atoms with van der Waals surface area (Å²) in [5.41, 5.74) is 0.964.